The molecule has 0 amide bonds. The minimum absolute atomic E-state index is 0.0179. The molecule has 1 atom stereocenters. The molecule has 0 aromatic heterocycles. The van der Waals surface area contributed by atoms with Gasteiger partial charge in [-0.15, -0.1) is 0 Å². The van der Waals surface area contributed by atoms with Gasteiger partial charge in [0, 0.05) is 6.04 Å². The molecule has 26 heavy (non-hydrogen) atoms. The second-order valence-electron chi connectivity index (χ2n) is 5.60. The van der Waals surface area contributed by atoms with Crippen LogP contribution in [-0.4, -0.2) is 19.3 Å². The number of benzene rings is 2. The summed E-state index contributed by atoms with van der Waals surface area (Å²) in [5.74, 6) is 0.604. The maximum atomic E-state index is 9.93. The Morgan fingerprint density at radius 1 is 1.15 bits per heavy atom. The van der Waals surface area contributed by atoms with Gasteiger partial charge in [0.05, 0.1) is 14.2 Å². The van der Waals surface area contributed by atoms with Crippen LogP contribution in [0.25, 0.3) is 6.08 Å². The third-order valence-electron chi connectivity index (χ3n) is 3.85. The molecule has 5 heteroatoms. The first-order valence-electron chi connectivity index (χ1n) is 8.14. The van der Waals surface area contributed by atoms with E-state index >= 15 is 0 Å². The summed E-state index contributed by atoms with van der Waals surface area (Å²) in [4.78, 5) is 0. The Kier molecular flexibility index (Phi) is 6.69. The summed E-state index contributed by atoms with van der Waals surface area (Å²) in [7, 11) is 2.95. The number of nitrogens with one attached hydrogen (secondary N) is 1. The highest BCUT2D eigenvalue weighted by atomic mass is 16.5. The van der Waals surface area contributed by atoms with E-state index in [0.29, 0.717) is 17.2 Å². The number of allylic oxidation sites excluding steroid dienone is 3. The average Bonchev–Trinajstić information content (AvgIpc) is 2.68. The lowest BCUT2D eigenvalue weighted by atomic mass is 10.1. The van der Waals surface area contributed by atoms with Gasteiger partial charge in [-0.1, -0.05) is 42.5 Å². The van der Waals surface area contributed by atoms with E-state index in [1.807, 2.05) is 37.3 Å². The van der Waals surface area contributed by atoms with Gasteiger partial charge in [0.1, 0.15) is 11.8 Å². The molecular formula is C21H22N2O3. The maximum absolute atomic E-state index is 9.93. The van der Waals surface area contributed by atoms with Crippen molar-refractivity contribution in [2.75, 3.05) is 14.2 Å². The first kappa shape index (κ1) is 18.9. The van der Waals surface area contributed by atoms with Crippen LogP contribution >= 0.6 is 0 Å². The van der Waals surface area contributed by atoms with Crippen molar-refractivity contribution in [3.63, 3.8) is 0 Å². The predicted octanol–water partition coefficient (Wildman–Crippen LogP) is 4.18. The van der Waals surface area contributed by atoms with Crippen LogP contribution in [0, 0.1) is 11.3 Å². The van der Waals surface area contributed by atoms with Crippen molar-refractivity contribution in [1.29, 1.82) is 5.26 Å². The SMILES string of the molecule is COc1cc(C=CC=C(C#N)NC(C)c2ccccc2)cc(OC)c1O. The quantitative estimate of drug-likeness (QED) is 0.579. The van der Waals surface area contributed by atoms with Gasteiger partial charge in [0.15, 0.2) is 11.5 Å². The van der Waals surface area contributed by atoms with Crippen LogP contribution in [0.5, 0.6) is 17.2 Å². The molecule has 5 nitrogen and oxygen atoms in total. The van der Waals surface area contributed by atoms with Crippen LogP contribution in [0.1, 0.15) is 24.1 Å². The molecule has 134 valence electrons. The van der Waals surface area contributed by atoms with Crippen molar-refractivity contribution in [3.8, 4) is 23.3 Å². The van der Waals surface area contributed by atoms with E-state index in [1.165, 1.54) is 14.2 Å². The Labute approximate surface area is 153 Å². The lowest BCUT2D eigenvalue weighted by molar-refractivity contribution is 0.340. The van der Waals surface area contributed by atoms with E-state index in [0.717, 1.165) is 11.1 Å². The Hall–Kier alpha value is -3.39. The number of nitrogens with zero attached hydrogens (tertiary/aromatic N) is 1. The minimum Gasteiger partial charge on any atom is -0.502 e. The summed E-state index contributed by atoms with van der Waals surface area (Å²) in [6, 6.07) is 15.5. The molecule has 2 aromatic rings. The Balaban J connectivity index is 2.15. The number of ether oxygens (including phenoxy) is 2. The van der Waals surface area contributed by atoms with Gasteiger partial charge in [0.2, 0.25) is 5.75 Å². The number of rotatable bonds is 7. The molecular weight excluding hydrogens is 328 g/mol. The second-order valence-corrected chi connectivity index (χ2v) is 5.60. The Morgan fingerprint density at radius 3 is 2.31 bits per heavy atom. The molecule has 2 aromatic carbocycles. The van der Waals surface area contributed by atoms with Gasteiger partial charge in [-0.25, -0.2) is 0 Å². The molecule has 0 aliphatic carbocycles. The number of methoxy groups -OCH3 is 2. The van der Waals surface area contributed by atoms with E-state index in [2.05, 4.69) is 11.4 Å². The lowest BCUT2D eigenvalue weighted by Crippen LogP contribution is -2.16. The first-order valence-corrected chi connectivity index (χ1v) is 8.14. The van der Waals surface area contributed by atoms with E-state index in [9.17, 15) is 10.4 Å². The number of hydrogen-bond donors (Lipinski definition) is 2. The van der Waals surface area contributed by atoms with E-state index in [-0.39, 0.29) is 11.8 Å². The Bertz CT molecular complexity index is 811. The van der Waals surface area contributed by atoms with Crippen molar-refractivity contribution in [2.45, 2.75) is 13.0 Å². The normalized spacial score (nSPS) is 12.5. The molecule has 0 heterocycles. The molecule has 0 saturated heterocycles. The van der Waals surface area contributed by atoms with Gasteiger partial charge in [-0.2, -0.15) is 5.26 Å². The van der Waals surface area contributed by atoms with Crippen LogP contribution in [0.2, 0.25) is 0 Å². The highest BCUT2D eigenvalue weighted by Crippen LogP contribution is 2.37. The summed E-state index contributed by atoms with van der Waals surface area (Å²) in [5, 5.41) is 22.4. The molecule has 2 N–H and O–H groups in total. The predicted molar refractivity (Wildman–Crippen MR) is 102 cm³/mol. The van der Waals surface area contributed by atoms with Crippen molar-refractivity contribution < 1.29 is 14.6 Å². The summed E-state index contributed by atoms with van der Waals surface area (Å²) in [6.45, 7) is 2.00. The van der Waals surface area contributed by atoms with Crippen molar-refractivity contribution in [2.24, 2.45) is 0 Å². The van der Waals surface area contributed by atoms with Crippen LogP contribution in [-0.2, 0) is 0 Å². The zero-order valence-corrected chi connectivity index (χ0v) is 15.1. The van der Waals surface area contributed by atoms with Crippen molar-refractivity contribution in [1.82, 2.24) is 5.32 Å². The monoisotopic (exact) mass is 350 g/mol. The molecule has 0 saturated carbocycles. The summed E-state index contributed by atoms with van der Waals surface area (Å²) in [5.41, 5.74) is 2.34. The van der Waals surface area contributed by atoms with E-state index < -0.39 is 0 Å². The minimum atomic E-state index is -0.0428. The van der Waals surface area contributed by atoms with Crippen LogP contribution in [0.15, 0.2) is 60.3 Å². The summed E-state index contributed by atoms with van der Waals surface area (Å²) in [6.07, 6.45) is 5.26. The molecule has 1 unspecified atom stereocenters. The fourth-order valence-electron chi connectivity index (χ4n) is 2.44. The highest BCUT2D eigenvalue weighted by Gasteiger charge is 2.10. The molecule has 0 spiro atoms. The highest BCUT2D eigenvalue weighted by molar-refractivity contribution is 5.62. The number of hydrogen-bond acceptors (Lipinski definition) is 5. The molecule has 0 aliphatic heterocycles. The topological polar surface area (TPSA) is 74.5 Å². The molecule has 2 rings (SSSR count). The molecule has 0 radical (unpaired) electrons. The lowest BCUT2D eigenvalue weighted by Gasteiger charge is -2.14. The van der Waals surface area contributed by atoms with E-state index in [4.69, 9.17) is 9.47 Å². The van der Waals surface area contributed by atoms with Gasteiger partial charge in [0.25, 0.3) is 0 Å². The van der Waals surface area contributed by atoms with Crippen LogP contribution in [0.3, 0.4) is 0 Å². The molecule has 0 fully saturated rings. The summed E-state index contributed by atoms with van der Waals surface area (Å²) >= 11 is 0. The van der Waals surface area contributed by atoms with Crippen LogP contribution in [0.4, 0.5) is 0 Å². The average molecular weight is 350 g/mol. The van der Waals surface area contributed by atoms with Gasteiger partial charge in [-0.05, 0) is 36.3 Å². The van der Waals surface area contributed by atoms with Crippen molar-refractivity contribution >= 4 is 6.08 Å². The number of aromatic hydroxyl groups is 1. The third kappa shape index (κ3) is 4.81. The summed E-state index contributed by atoms with van der Waals surface area (Å²) < 4.78 is 10.3. The first-order chi connectivity index (χ1) is 12.6. The largest absolute Gasteiger partial charge is 0.502 e. The van der Waals surface area contributed by atoms with Gasteiger partial charge < -0.3 is 19.9 Å². The van der Waals surface area contributed by atoms with Gasteiger partial charge >= 0.3 is 0 Å². The van der Waals surface area contributed by atoms with Gasteiger partial charge in [-0.3, -0.25) is 0 Å². The smallest absolute Gasteiger partial charge is 0.200 e. The van der Waals surface area contributed by atoms with Crippen molar-refractivity contribution in [3.05, 3.63) is 71.4 Å². The Morgan fingerprint density at radius 2 is 1.77 bits per heavy atom. The standard InChI is InChI=1S/C21H22N2O3/c1-15(17-9-5-4-6-10-17)23-18(14-22)11-7-8-16-12-19(25-2)21(24)20(13-16)26-3/h4-13,15,23-24H,1-3H3. The molecule has 0 aliphatic rings. The number of phenolic OH excluding ortho intramolecular Hbond substituents is 1. The number of nitriles is 1. The maximum Gasteiger partial charge on any atom is 0.200 e. The zero-order chi connectivity index (χ0) is 18.9. The number of phenols is 1. The second kappa shape index (κ2) is 9.19. The fraction of sp³-hybridized carbons (Fsp3) is 0.190. The third-order valence-corrected chi connectivity index (χ3v) is 3.85. The fourth-order valence-corrected chi connectivity index (χ4v) is 2.44. The van der Waals surface area contributed by atoms with Crippen LogP contribution < -0.4 is 14.8 Å². The van der Waals surface area contributed by atoms with E-state index in [1.54, 1.807) is 30.4 Å². The zero-order valence-electron chi connectivity index (χ0n) is 15.1. The molecule has 0 bridgehead atoms.